The molecule has 6 heteroatoms. The largest absolute Gasteiger partial charge is 0.340 e. The lowest BCUT2D eigenvalue weighted by Gasteiger charge is -2.36. The van der Waals surface area contributed by atoms with Crippen molar-refractivity contribution >= 4 is 5.91 Å². The van der Waals surface area contributed by atoms with Crippen LogP contribution in [-0.2, 0) is 17.9 Å². The van der Waals surface area contributed by atoms with Crippen LogP contribution in [-0.4, -0.2) is 59.9 Å². The van der Waals surface area contributed by atoms with E-state index < -0.39 is 11.6 Å². The predicted octanol–water partition coefficient (Wildman–Crippen LogP) is 3.91. The molecule has 2 aromatic rings. The van der Waals surface area contributed by atoms with Crippen LogP contribution in [0.5, 0.6) is 0 Å². The lowest BCUT2D eigenvalue weighted by Crippen LogP contribution is -2.49. The molecule has 32 heavy (non-hydrogen) atoms. The number of carbonyl (C=O) groups excluding carboxylic acids is 1. The van der Waals surface area contributed by atoms with Crippen molar-refractivity contribution in [3.05, 3.63) is 71.3 Å². The number of hydrogen-bond acceptors (Lipinski definition) is 3. The van der Waals surface area contributed by atoms with Crippen molar-refractivity contribution in [2.45, 2.75) is 32.4 Å². The highest BCUT2D eigenvalue weighted by atomic mass is 19.1. The predicted molar refractivity (Wildman–Crippen MR) is 120 cm³/mol. The van der Waals surface area contributed by atoms with Crippen molar-refractivity contribution in [2.75, 3.05) is 39.3 Å². The minimum atomic E-state index is -0.538. The second kappa shape index (κ2) is 8.91. The average Bonchev–Trinajstić information content (AvgIpc) is 3.51. The van der Waals surface area contributed by atoms with E-state index in [2.05, 4.69) is 39.0 Å². The van der Waals surface area contributed by atoms with Gasteiger partial charge < -0.3 is 4.90 Å². The number of carbonyl (C=O) groups is 1. The zero-order valence-corrected chi connectivity index (χ0v) is 18.5. The van der Waals surface area contributed by atoms with Crippen LogP contribution in [0.4, 0.5) is 8.78 Å². The first kappa shape index (κ1) is 21.5. The molecule has 4 nitrogen and oxygen atoms in total. The minimum absolute atomic E-state index is 0.149. The summed E-state index contributed by atoms with van der Waals surface area (Å²) in [5.74, 6) is -0.518. The lowest BCUT2D eigenvalue weighted by atomic mass is 9.90. The van der Waals surface area contributed by atoms with Gasteiger partial charge in [0.05, 0.1) is 0 Å². The van der Waals surface area contributed by atoms with Gasteiger partial charge in [0, 0.05) is 56.8 Å². The summed E-state index contributed by atoms with van der Waals surface area (Å²) in [5, 5.41) is 0. The van der Waals surface area contributed by atoms with Crippen LogP contribution in [0.2, 0.25) is 0 Å². The average molecular weight is 440 g/mol. The summed E-state index contributed by atoms with van der Waals surface area (Å²) in [7, 11) is 0. The zero-order valence-electron chi connectivity index (χ0n) is 18.5. The molecule has 2 aromatic carbocycles. The number of rotatable bonds is 5. The van der Waals surface area contributed by atoms with Crippen molar-refractivity contribution in [1.82, 2.24) is 14.7 Å². The van der Waals surface area contributed by atoms with Gasteiger partial charge in [-0.3, -0.25) is 14.6 Å². The van der Waals surface area contributed by atoms with Crippen molar-refractivity contribution in [1.29, 1.82) is 0 Å². The number of hydrogen-bond donors (Lipinski definition) is 0. The number of halogens is 2. The molecule has 2 saturated heterocycles. The van der Waals surface area contributed by atoms with E-state index in [0.717, 1.165) is 71.1 Å². The van der Waals surface area contributed by atoms with Crippen LogP contribution in [0.3, 0.4) is 0 Å². The Morgan fingerprint density at radius 2 is 1.56 bits per heavy atom. The second-order valence-electron chi connectivity index (χ2n) is 9.72. The maximum atomic E-state index is 14.0. The summed E-state index contributed by atoms with van der Waals surface area (Å²) in [5.41, 5.74) is 2.01. The Hall–Kier alpha value is -2.31. The van der Waals surface area contributed by atoms with Gasteiger partial charge in [0.15, 0.2) is 0 Å². The van der Waals surface area contributed by atoms with Gasteiger partial charge in [-0.1, -0.05) is 36.4 Å². The molecule has 2 aliphatic heterocycles. The molecule has 5 rings (SSSR count). The number of nitrogens with zero attached hydrogens (tertiary/aromatic N) is 3. The highest BCUT2D eigenvalue weighted by Crippen LogP contribution is 2.60. The molecule has 0 radical (unpaired) electrons. The Labute approximate surface area is 188 Å². The van der Waals surface area contributed by atoms with E-state index in [-0.39, 0.29) is 11.3 Å². The maximum Gasteiger partial charge on any atom is 0.226 e. The van der Waals surface area contributed by atoms with Gasteiger partial charge in [0.25, 0.3) is 0 Å². The van der Waals surface area contributed by atoms with E-state index in [9.17, 15) is 13.6 Å². The molecule has 0 unspecified atom stereocenters. The van der Waals surface area contributed by atoms with Gasteiger partial charge in [-0.05, 0) is 49.4 Å². The molecule has 3 aliphatic rings. The summed E-state index contributed by atoms with van der Waals surface area (Å²) in [6.45, 7) is 6.67. The Balaban J connectivity index is 1.08. The van der Waals surface area contributed by atoms with Crippen molar-refractivity contribution in [3.8, 4) is 0 Å². The van der Waals surface area contributed by atoms with Gasteiger partial charge in [0.2, 0.25) is 5.91 Å². The zero-order chi connectivity index (χ0) is 22.1. The van der Waals surface area contributed by atoms with Crippen molar-refractivity contribution < 1.29 is 13.6 Å². The topological polar surface area (TPSA) is 26.8 Å². The molecule has 1 aliphatic carbocycles. The molecule has 3 fully saturated rings. The highest BCUT2D eigenvalue weighted by Gasteiger charge is 2.59. The van der Waals surface area contributed by atoms with Gasteiger partial charge in [-0.25, -0.2) is 8.78 Å². The standard InChI is InChI=1S/C26H31F2N3O/c27-22-7-6-21(24(28)16-22)19-29-10-8-26(9-11-29)17-23(26)25(32)31-14-12-30(13-15-31)18-20-4-2-1-3-5-20/h1-7,16,23H,8-15,17-19H2/t23-/m0/s1. The van der Waals surface area contributed by atoms with Gasteiger partial charge in [0.1, 0.15) is 11.6 Å². The normalized spacial score (nSPS) is 23.4. The third-order valence-corrected chi connectivity index (χ3v) is 7.68. The van der Waals surface area contributed by atoms with E-state index in [1.807, 2.05) is 6.07 Å². The SMILES string of the molecule is O=C([C@@H]1CC12CCN(Cc1ccc(F)cc1F)CC2)N1CCN(Cc2ccccc2)CC1. The Morgan fingerprint density at radius 3 is 2.25 bits per heavy atom. The first-order valence-electron chi connectivity index (χ1n) is 11.7. The fraction of sp³-hybridized carbons (Fsp3) is 0.500. The Kier molecular flexibility index (Phi) is 5.99. The van der Waals surface area contributed by atoms with Crippen LogP contribution < -0.4 is 0 Å². The smallest absolute Gasteiger partial charge is 0.226 e. The van der Waals surface area contributed by atoms with Gasteiger partial charge >= 0.3 is 0 Å². The maximum absolute atomic E-state index is 14.0. The number of likely N-dealkylation sites (tertiary alicyclic amines) is 1. The van der Waals surface area contributed by atoms with Crippen LogP contribution in [0.15, 0.2) is 48.5 Å². The monoisotopic (exact) mass is 439 g/mol. The third kappa shape index (κ3) is 4.57. The first-order chi connectivity index (χ1) is 15.5. The lowest BCUT2D eigenvalue weighted by molar-refractivity contribution is -0.135. The van der Waals surface area contributed by atoms with Crippen LogP contribution in [0, 0.1) is 23.0 Å². The fourth-order valence-electron chi connectivity index (χ4n) is 5.49. The van der Waals surface area contributed by atoms with Gasteiger partial charge in [-0.2, -0.15) is 0 Å². The summed E-state index contributed by atoms with van der Waals surface area (Å²) in [4.78, 5) is 19.9. The summed E-state index contributed by atoms with van der Waals surface area (Å²) >= 11 is 0. The van der Waals surface area contributed by atoms with E-state index in [1.165, 1.54) is 17.7 Å². The van der Waals surface area contributed by atoms with Crippen LogP contribution in [0.1, 0.15) is 30.4 Å². The first-order valence-corrected chi connectivity index (χ1v) is 11.7. The molecule has 1 saturated carbocycles. The van der Waals surface area contributed by atoms with E-state index in [1.54, 1.807) is 0 Å². The van der Waals surface area contributed by atoms with E-state index in [0.29, 0.717) is 18.0 Å². The molecule has 170 valence electrons. The molecule has 1 atom stereocenters. The van der Waals surface area contributed by atoms with Crippen molar-refractivity contribution in [2.24, 2.45) is 11.3 Å². The number of piperazine rings is 1. The quantitative estimate of drug-likeness (QED) is 0.707. The second-order valence-corrected chi connectivity index (χ2v) is 9.72. The molecular formula is C26H31F2N3O. The molecule has 0 bridgehead atoms. The molecule has 1 spiro atoms. The third-order valence-electron chi connectivity index (χ3n) is 7.68. The summed E-state index contributed by atoms with van der Waals surface area (Å²) in [6, 6.07) is 14.3. The Morgan fingerprint density at radius 1 is 0.875 bits per heavy atom. The van der Waals surface area contributed by atoms with Crippen LogP contribution >= 0.6 is 0 Å². The Bertz CT molecular complexity index is 951. The number of amides is 1. The molecular weight excluding hydrogens is 408 g/mol. The minimum Gasteiger partial charge on any atom is -0.340 e. The summed E-state index contributed by atoms with van der Waals surface area (Å²) < 4.78 is 27.1. The highest BCUT2D eigenvalue weighted by molar-refractivity contribution is 5.83. The molecule has 1 amide bonds. The summed E-state index contributed by atoms with van der Waals surface area (Å²) in [6.07, 6.45) is 2.97. The molecule has 0 N–H and O–H groups in total. The van der Waals surface area contributed by atoms with E-state index >= 15 is 0 Å². The fourth-order valence-corrected chi connectivity index (χ4v) is 5.49. The molecule has 0 aromatic heterocycles. The van der Waals surface area contributed by atoms with Crippen molar-refractivity contribution in [3.63, 3.8) is 0 Å². The molecule has 2 heterocycles. The number of piperidine rings is 1. The van der Waals surface area contributed by atoms with Crippen LogP contribution in [0.25, 0.3) is 0 Å². The van der Waals surface area contributed by atoms with Gasteiger partial charge in [-0.15, -0.1) is 0 Å². The number of benzene rings is 2. The van der Waals surface area contributed by atoms with E-state index in [4.69, 9.17) is 0 Å².